The minimum Gasteiger partial charge on any atom is -0.444 e. The second-order valence-corrected chi connectivity index (χ2v) is 5.50. The van der Waals surface area contributed by atoms with E-state index in [2.05, 4.69) is 21.2 Å². The fourth-order valence-electron chi connectivity index (χ4n) is 1.26. The third kappa shape index (κ3) is 8.18. The van der Waals surface area contributed by atoms with Gasteiger partial charge in [-0.15, -0.1) is 0 Å². The minimum absolute atomic E-state index is 0.0238. The standard InChI is InChI=1S/C12H22BrNO3/c1-5-6-7-9(10(15)8-13)14-11(16)17-12(2,3)4/h9H,5-8H2,1-4H3,(H,14,16)/t9-/m0/s1. The van der Waals surface area contributed by atoms with Crippen molar-refractivity contribution >= 4 is 27.8 Å². The van der Waals surface area contributed by atoms with E-state index in [-0.39, 0.29) is 11.1 Å². The topological polar surface area (TPSA) is 55.4 Å². The molecule has 0 aromatic carbocycles. The number of amides is 1. The number of rotatable bonds is 6. The number of alkyl carbamates (subject to hydrolysis) is 1. The maximum Gasteiger partial charge on any atom is 0.408 e. The van der Waals surface area contributed by atoms with Gasteiger partial charge >= 0.3 is 6.09 Å². The summed E-state index contributed by atoms with van der Waals surface area (Å²) in [5.74, 6) is -0.0238. The first-order valence-corrected chi connectivity index (χ1v) is 7.00. The van der Waals surface area contributed by atoms with Gasteiger partial charge in [-0.25, -0.2) is 4.79 Å². The summed E-state index contributed by atoms with van der Waals surface area (Å²) in [4.78, 5) is 23.2. The third-order valence-corrected chi connectivity index (χ3v) is 2.61. The number of hydrogen-bond acceptors (Lipinski definition) is 3. The van der Waals surface area contributed by atoms with Crippen molar-refractivity contribution in [2.75, 3.05) is 5.33 Å². The van der Waals surface area contributed by atoms with Crippen molar-refractivity contribution < 1.29 is 14.3 Å². The van der Waals surface area contributed by atoms with Gasteiger partial charge in [0.15, 0.2) is 5.78 Å². The molecule has 0 aliphatic rings. The summed E-state index contributed by atoms with van der Waals surface area (Å²) in [5.41, 5.74) is -0.545. The van der Waals surface area contributed by atoms with Gasteiger partial charge in [0.05, 0.1) is 11.4 Å². The molecule has 1 N–H and O–H groups in total. The fourth-order valence-corrected chi connectivity index (χ4v) is 1.66. The first kappa shape index (κ1) is 16.4. The molecular weight excluding hydrogens is 286 g/mol. The molecule has 0 aliphatic carbocycles. The van der Waals surface area contributed by atoms with Gasteiger partial charge in [0, 0.05) is 0 Å². The molecule has 100 valence electrons. The third-order valence-electron chi connectivity index (χ3n) is 2.06. The van der Waals surface area contributed by atoms with Crippen LogP contribution >= 0.6 is 15.9 Å². The molecule has 0 aliphatic heterocycles. The lowest BCUT2D eigenvalue weighted by atomic mass is 10.1. The van der Waals surface area contributed by atoms with Crippen LogP contribution in [0.15, 0.2) is 0 Å². The molecule has 0 saturated carbocycles. The Hall–Kier alpha value is -0.580. The van der Waals surface area contributed by atoms with Gasteiger partial charge in [0.25, 0.3) is 0 Å². The molecule has 5 heteroatoms. The van der Waals surface area contributed by atoms with E-state index in [9.17, 15) is 9.59 Å². The highest BCUT2D eigenvalue weighted by Crippen LogP contribution is 2.09. The number of ketones is 1. The van der Waals surface area contributed by atoms with Crippen molar-refractivity contribution in [2.45, 2.75) is 58.6 Å². The molecule has 17 heavy (non-hydrogen) atoms. The van der Waals surface area contributed by atoms with Crippen LogP contribution in [0.1, 0.15) is 47.0 Å². The average molecular weight is 308 g/mol. The number of carbonyl (C=O) groups excluding carboxylic acids is 2. The molecule has 1 amide bonds. The molecule has 0 radical (unpaired) electrons. The predicted octanol–water partition coefficient (Wildman–Crippen LogP) is 3.03. The zero-order valence-corrected chi connectivity index (χ0v) is 12.6. The largest absolute Gasteiger partial charge is 0.444 e. The monoisotopic (exact) mass is 307 g/mol. The number of ether oxygens (including phenoxy) is 1. The van der Waals surface area contributed by atoms with Gasteiger partial charge < -0.3 is 10.1 Å². The Morgan fingerprint density at radius 3 is 2.35 bits per heavy atom. The smallest absolute Gasteiger partial charge is 0.408 e. The molecule has 0 aromatic rings. The number of alkyl halides is 1. The Bertz CT molecular complexity index is 261. The van der Waals surface area contributed by atoms with Crippen LogP contribution in [-0.2, 0) is 9.53 Å². The van der Waals surface area contributed by atoms with E-state index in [1.54, 1.807) is 20.8 Å². The summed E-state index contributed by atoms with van der Waals surface area (Å²) in [6.07, 6.45) is 2.01. The molecule has 1 atom stereocenters. The summed E-state index contributed by atoms with van der Waals surface area (Å²) in [7, 11) is 0. The van der Waals surface area contributed by atoms with Gasteiger partial charge in [0.2, 0.25) is 0 Å². The zero-order chi connectivity index (χ0) is 13.5. The van der Waals surface area contributed by atoms with E-state index < -0.39 is 17.7 Å². The molecule has 0 unspecified atom stereocenters. The van der Waals surface area contributed by atoms with E-state index in [0.717, 1.165) is 12.8 Å². The Labute approximate surface area is 112 Å². The van der Waals surface area contributed by atoms with Crippen molar-refractivity contribution in [1.29, 1.82) is 0 Å². The van der Waals surface area contributed by atoms with E-state index in [4.69, 9.17) is 4.74 Å². The van der Waals surface area contributed by atoms with Gasteiger partial charge in [-0.3, -0.25) is 4.79 Å². The summed E-state index contributed by atoms with van der Waals surface area (Å²) in [6, 6.07) is -0.454. The van der Waals surface area contributed by atoms with E-state index in [1.807, 2.05) is 6.92 Å². The van der Waals surface area contributed by atoms with E-state index in [0.29, 0.717) is 6.42 Å². The number of nitrogens with one attached hydrogen (secondary N) is 1. The van der Waals surface area contributed by atoms with Crippen LogP contribution in [0.3, 0.4) is 0 Å². The SMILES string of the molecule is CCCC[C@H](NC(=O)OC(C)(C)C)C(=O)CBr. The van der Waals surface area contributed by atoms with Crippen LogP contribution in [-0.4, -0.2) is 28.8 Å². The molecule has 0 aromatic heterocycles. The molecule has 0 fully saturated rings. The minimum atomic E-state index is -0.545. The average Bonchev–Trinajstić information content (AvgIpc) is 2.20. The van der Waals surface area contributed by atoms with Gasteiger partial charge in [-0.1, -0.05) is 35.7 Å². The fraction of sp³-hybridized carbons (Fsp3) is 0.833. The normalized spacial score (nSPS) is 13.0. The van der Waals surface area contributed by atoms with Crippen LogP contribution in [0, 0.1) is 0 Å². The Morgan fingerprint density at radius 1 is 1.35 bits per heavy atom. The quantitative estimate of drug-likeness (QED) is 0.767. The Kier molecular flexibility index (Phi) is 7.43. The summed E-state index contributed by atoms with van der Waals surface area (Å²) in [6.45, 7) is 7.42. The van der Waals surface area contributed by atoms with Crippen LogP contribution < -0.4 is 5.32 Å². The summed E-state index contributed by atoms with van der Waals surface area (Å²) in [5, 5.41) is 2.87. The van der Waals surface area contributed by atoms with Gasteiger partial charge in [-0.05, 0) is 27.2 Å². The van der Waals surface area contributed by atoms with Crippen molar-refractivity contribution in [3.63, 3.8) is 0 Å². The molecule has 0 rings (SSSR count). The van der Waals surface area contributed by atoms with Crippen molar-refractivity contribution in [3.05, 3.63) is 0 Å². The van der Waals surface area contributed by atoms with Gasteiger partial charge in [0.1, 0.15) is 5.60 Å². The molecule has 0 spiro atoms. The molecule has 0 saturated heterocycles. The summed E-state index contributed by atoms with van der Waals surface area (Å²) >= 11 is 3.12. The first-order chi connectivity index (χ1) is 7.80. The lowest BCUT2D eigenvalue weighted by Gasteiger charge is -2.22. The first-order valence-electron chi connectivity index (χ1n) is 5.88. The number of Topliss-reactive ketones (excluding diaryl/α,β-unsaturated/α-hetero) is 1. The lowest BCUT2D eigenvalue weighted by Crippen LogP contribution is -2.43. The lowest BCUT2D eigenvalue weighted by molar-refractivity contribution is -0.118. The van der Waals surface area contributed by atoms with Gasteiger partial charge in [-0.2, -0.15) is 0 Å². The molecule has 0 heterocycles. The molecule has 0 bridgehead atoms. The zero-order valence-electron chi connectivity index (χ0n) is 11.0. The van der Waals surface area contributed by atoms with Crippen LogP contribution in [0.2, 0.25) is 0 Å². The Balaban J connectivity index is 4.32. The second kappa shape index (κ2) is 7.69. The molecule has 4 nitrogen and oxygen atoms in total. The number of halogens is 1. The van der Waals surface area contributed by atoms with Crippen molar-refractivity contribution in [3.8, 4) is 0 Å². The highest BCUT2D eigenvalue weighted by atomic mass is 79.9. The van der Waals surface area contributed by atoms with Crippen LogP contribution in [0.25, 0.3) is 0 Å². The molecular formula is C12H22BrNO3. The maximum absolute atomic E-state index is 11.6. The van der Waals surface area contributed by atoms with Crippen molar-refractivity contribution in [2.24, 2.45) is 0 Å². The highest BCUT2D eigenvalue weighted by Gasteiger charge is 2.22. The predicted molar refractivity (Wildman–Crippen MR) is 71.5 cm³/mol. The summed E-state index contributed by atoms with van der Waals surface area (Å²) < 4.78 is 5.13. The maximum atomic E-state index is 11.6. The van der Waals surface area contributed by atoms with Crippen molar-refractivity contribution in [1.82, 2.24) is 5.32 Å². The number of carbonyl (C=O) groups is 2. The van der Waals surface area contributed by atoms with E-state index >= 15 is 0 Å². The second-order valence-electron chi connectivity index (χ2n) is 4.94. The number of unbranched alkanes of at least 4 members (excludes halogenated alkanes) is 1. The Morgan fingerprint density at radius 2 is 1.94 bits per heavy atom. The van der Waals surface area contributed by atoms with Crippen LogP contribution in [0.4, 0.5) is 4.79 Å². The highest BCUT2D eigenvalue weighted by molar-refractivity contribution is 9.09. The van der Waals surface area contributed by atoms with Crippen LogP contribution in [0.5, 0.6) is 0 Å². The van der Waals surface area contributed by atoms with E-state index in [1.165, 1.54) is 0 Å². The number of hydrogen-bond donors (Lipinski definition) is 1.